The molecule has 0 saturated heterocycles. The van der Waals surface area contributed by atoms with E-state index >= 15 is 0 Å². The van der Waals surface area contributed by atoms with Gasteiger partial charge in [0.05, 0.1) is 0 Å². The monoisotopic (exact) mass is 226 g/mol. The van der Waals surface area contributed by atoms with Crippen LogP contribution in [0.4, 0.5) is 0 Å². The summed E-state index contributed by atoms with van der Waals surface area (Å²) in [5.41, 5.74) is 0.943. The number of aryl methyl sites for hydroxylation is 1. The number of rotatable bonds is 4. The summed E-state index contributed by atoms with van der Waals surface area (Å²) in [6.45, 7) is 5.50. The quantitative estimate of drug-likeness (QED) is 0.787. The number of hydrogen-bond donors (Lipinski definition) is 0. The molecule has 0 N–H and O–H groups in total. The fourth-order valence-electron chi connectivity index (χ4n) is 1.29. The third kappa shape index (κ3) is 3.24. The molecule has 1 unspecified atom stereocenters. The second-order valence-electron chi connectivity index (χ2n) is 3.49. The van der Waals surface area contributed by atoms with Gasteiger partial charge >= 0.3 is 0 Å². The molecule has 1 rings (SSSR count). The first-order valence-corrected chi connectivity index (χ1v) is 5.38. The molecule has 0 saturated carbocycles. The summed E-state index contributed by atoms with van der Waals surface area (Å²) in [5, 5.41) is 0.675. The third-order valence-corrected chi connectivity index (χ3v) is 2.48. The molecule has 3 heteroatoms. The van der Waals surface area contributed by atoms with E-state index in [4.69, 9.17) is 16.3 Å². The SMILES string of the molecule is CCC(=O)C(C)Oc1ccc(Cl)cc1C. The van der Waals surface area contributed by atoms with Crippen molar-refractivity contribution in [2.45, 2.75) is 33.3 Å². The van der Waals surface area contributed by atoms with Gasteiger partial charge in [0, 0.05) is 11.4 Å². The van der Waals surface area contributed by atoms with Gasteiger partial charge in [-0.15, -0.1) is 0 Å². The third-order valence-electron chi connectivity index (χ3n) is 2.24. The van der Waals surface area contributed by atoms with Crippen LogP contribution in [0.1, 0.15) is 25.8 Å². The highest BCUT2D eigenvalue weighted by Crippen LogP contribution is 2.23. The zero-order valence-corrected chi connectivity index (χ0v) is 9.97. The van der Waals surface area contributed by atoms with E-state index in [0.717, 1.165) is 5.56 Å². The fraction of sp³-hybridized carbons (Fsp3) is 0.417. The summed E-state index contributed by atoms with van der Waals surface area (Å²) in [5.74, 6) is 0.818. The Hall–Kier alpha value is -1.02. The van der Waals surface area contributed by atoms with Crippen molar-refractivity contribution in [3.05, 3.63) is 28.8 Å². The van der Waals surface area contributed by atoms with Crippen molar-refractivity contribution in [3.63, 3.8) is 0 Å². The van der Waals surface area contributed by atoms with Gasteiger partial charge in [0.15, 0.2) is 11.9 Å². The molecule has 0 bridgehead atoms. The van der Waals surface area contributed by atoms with Crippen molar-refractivity contribution in [2.24, 2.45) is 0 Å². The minimum atomic E-state index is -0.394. The van der Waals surface area contributed by atoms with Crippen LogP contribution in [0.15, 0.2) is 18.2 Å². The van der Waals surface area contributed by atoms with E-state index in [0.29, 0.717) is 17.2 Å². The molecular weight excluding hydrogens is 212 g/mol. The van der Waals surface area contributed by atoms with Gasteiger partial charge in [-0.05, 0) is 37.6 Å². The highest BCUT2D eigenvalue weighted by Gasteiger charge is 2.13. The molecular formula is C12H15ClO2. The molecule has 0 radical (unpaired) electrons. The second kappa shape index (κ2) is 5.17. The molecule has 1 atom stereocenters. The number of halogens is 1. The van der Waals surface area contributed by atoms with Gasteiger partial charge in [0.25, 0.3) is 0 Å². The van der Waals surface area contributed by atoms with Crippen LogP contribution in [0.25, 0.3) is 0 Å². The zero-order chi connectivity index (χ0) is 11.4. The zero-order valence-electron chi connectivity index (χ0n) is 9.21. The molecule has 0 heterocycles. The fourth-order valence-corrected chi connectivity index (χ4v) is 1.52. The summed E-state index contributed by atoms with van der Waals surface area (Å²) in [6, 6.07) is 5.37. The minimum Gasteiger partial charge on any atom is -0.483 e. The van der Waals surface area contributed by atoms with Gasteiger partial charge in [-0.25, -0.2) is 0 Å². The highest BCUT2D eigenvalue weighted by atomic mass is 35.5. The van der Waals surface area contributed by atoms with E-state index in [2.05, 4.69) is 0 Å². The van der Waals surface area contributed by atoms with Crippen molar-refractivity contribution >= 4 is 17.4 Å². The molecule has 2 nitrogen and oxygen atoms in total. The average molecular weight is 227 g/mol. The summed E-state index contributed by atoms with van der Waals surface area (Å²) >= 11 is 5.82. The smallest absolute Gasteiger partial charge is 0.172 e. The van der Waals surface area contributed by atoms with Gasteiger partial charge in [-0.2, -0.15) is 0 Å². The summed E-state index contributed by atoms with van der Waals surface area (Å²) in [7, 11) is 0. The number of ether oxygens (including phenoxy) is 1. The van der Waals surface area contributed by atoms with Gasteiger partial charge in [0.1, 0.15) is 5.75 Å². The highest BCUT2D eigenvalue weighted by molar-refractivity contribution is 6.30. The Balaban J connectivity index is 2.76. The van der Waals surface area contributed by atoms with Gasteiger partial charge in [-0.1, -0.05) is 18.5 Å². The maximum absolute atomic E-state index is 11.3. The van der Waals surface area contributed by atoms with Gasteiger partial charge in [-0.3, -0.25) is 4.79 Å². The van der Waals surface area contributed by atoms with E-state index in [1.165, 1.54) is 0 Å². The first-order valence-electron chi connectivity index (χ1n) is 5.00. The Morgan fingerprint density at radius 3 is 2.73 bits per heavy atom. The van der Waals surface area contributed by atoms with Crippen LogP contribution in [0, 0.1) is 6.92 Å². The van der Waals surface area contributed by atoms with Crippen molar-refractivity contribution < 1.29 is 9.53 Å². The number of carbonyl (C=O) groups excluding carboxylic acids is 1. The Labute approximate surface area is 95.2 Å². The molecule has 0 amide bonds. The first kappa shape index (κ1) is 12.1. The molecule has 0 fully saturated rings. The lowest BCUT2D eigenvalue weighted by atomic mass is 10.2. The molecule has 0 aliphatic heterocycles. The molecule has 0 spiro atoms. The maximum Gasteiger partial charge on any atom is 0.172 e. The molecule has 0 aliphatic carbocycles. The summed E-state index contributed by atoms with van der Waals surface area (Å²) in [4.78, 5) is 11.3. The maximum atomic E-state index is 11.3. The number of hydrogen-bond acceptors (Lipinski definition) is 2. The van der Waals surface area contributed by atoms with Crippen LogP contribution in [0.2, 0.25) is 5.02 Å². The molecule has 1 aromatic rings. The number of Topliss-reactive ketones (excluding diaryl/α,β-unsaturated/α-hetero) is 1. The minimum absolute atomic E-state index is 0.101. The van der Waals surface area contributed by atoms with E-state index < -0.39 is 6.10 Å². The molecule has 0 aromatic heterocycles. The van der Waals surface area contributed by atoms with Crippen molar-refractivity contribution in [2.75, 3.05) is 0 Å². The first-order chi connectivity index (χ1) is 7.04. The van der Waals surface area contributed by atoms with Crippen LogP contribution in [-0.2, 0) is 4.79 Å². The molecule has 82 valence electrons. The van der Waals surface area contributed by atoms with Crippen LogP contribution in [0.5, 0.6) is 5.75 Å². The van der Waals surface area contributed by atoms with Crippen molar-refractivity contribution in [1.29, 1.82) is 0 Å². The summed E-state index contributed by atoms with van der Waals surface area (Å²) < 4.78 is 5.54. The number of ketones is 1. The Morgan fingerprint density at radius 1 is 1.53 bits per heavy atom. The van der Waals surface area contributed by atoms with Gasteiger partial charge < -0.3 is 4.74 Å². The standard InChI is InChI=1S/C12H15ClO2/c1-4-11(14)9(3)15-12-6-5-10(13)7-8(12)2/h5-7,9H,4H2,1-3H3. The summed E-state index contributed by atoms with van der Waals surface area (Å²) in [6.07, 6.45) is 0.100. The predicted octanol–water partition coefficient (Wildman–Crippen LogP) is 3.39. The van der Waals surface area contributed by atoms with E-state index in [1.807, 2.05) is 19.9 Å². The topological polar surface area (TPSA) is 26.3 Å². The van der Waals surface area contributed by atoms with Crippen LogP contribution in [0.3, 0.4) is 0 Å². The van der Waals surface area contributed by atoms with Crippen molar-refractivity contribution in [3.8, 4) is 5.75 Å². The lowest BCUT2D eigenvalue weighted by molar-refractivity contribution is -0.124. The second-order valence-corrected chi connectivity index (χ2v) is 3.93. The molecule has 15 heavy (non-hydrogen) atoms. The van der Waals surface area contributed by atoms with E-state index in [1.54, 1.807) is 19.1 Å². The normalized spacial score (nSPS) is 12.3. The van der Waals surface area contributed by atoms with E-state index in [-0.39, 0.29) is 5.78 Å². The lowest BCUT2D eigenvalue weighted by Gasteiger charge is -2.14. The number of benzene rings is 1. The van der Waals surface area contributed by atoms with Gasteiger partial charge in [0.2, 0.25) is 0 Å². The predicted molar refractivity (Wildman–Crippen MR) is 61.6 cm³/mol. The Morgan fingerprint density at radius 2 is 2.20 bits per heavy atom. The van der Waals surface area contributed by atoms with E-state index in [9.17, 15) is 4.79 Å². The number of carbonyl (C=O) groups is 1. The van der Waals surface area contributed by atoms with Crippen molar-refractivity contribution in [1.82, 2.24) is 0 Å². The lowest BCUT2D eigenvalue weighted by Crippen LogP contribution is -2.23. The molecule has 1 aromatic carbocycles. The Kier molecular flexibility index (Phi) is 4.15. The largest absolute Gasteiger partial charge is 0.483 e. The Bertz CT molecular complexity index is 361. The van der Waals surface area contributed by atoms with Crippen LogP contribution >= 0.6 is 11.6 Å². The van der Waals surface area contributed by atoms with Crippen LogP contribution in [-0.4, -0.2) is 11.9 Å². The average Bonchev–Trinajstić information content (AvgIpc) is 2.20. The van der Waals surface area contributed by atoms with Crippen LogP contribution < -0.4 is 4.74 Å². The molecule has 0 aliphatic rings.